The molecule has 0 fully saturated rings. The molecule has 6 nitrogen and oxygen atoms in total. The molecule has 27 heavy (non-hydrogen) atoms. The number of anilines is 1. The maximum Gasteiger partial charge on any atom is 0.260 e. The Morgan fingerprint density at radius 2 is 1.85 bits per heavy atom. The Bertz CT molecular complexity index is 1010. The number of carbonyl (C=O) groups excluding carboxylic acids is 1. The third-order valence-corrected chi connectivity index (χ3v) is 5.82. The van der Waals surface area contributed by atoms with E-state index in [1.165, 1.54) is 17.6 Å². The summed E-state index contributed by atoms with van der Waals surface area (Å²) >= 11 is 1.45. The first kappa shape index (κ1) is 19.5. The van der Waals surface area contributed by atoms with Gasteiger partial charge in [0.05, 0.1) is 29.1 Å². The van der Waals surface area contributed by atoms with E-state index in [-0.39, 0.29) is 11.7 Å². The lowest BCUT2D eigenvalue weighted by Crippen LogP contribution is -2.33. The largest absolute Gasteiger partial charge is 0.383 e. The summed E-state index contributed by atoms with van der Waals surface area (Å²) in [6.07, 6.45) is 1.19. The summed E-state index contributed by atoms with van der Waals surface area (Å²) in [4.78, 5) is 19.2. The Labute approximate surface area is 162 Å². The van der Waals surface area contributed by atoms with Gasteiger partial charge in [-0.25, -0.2) is 13.4 Å². The first-order chi connectivity index (χ1) is 12.9. The number of carbonyl (C=O) groups is 1. The summed E-state index contributed by atoms with van der Waals surface area (Å²) in [5.74, 6) is -0.246. The quantitative estimate of drug-likeness (QED) is 0.605. The van der Waals surface area contributed by atoms with Crippen molar-refractivity contribution in [3.63, 3.8) is 0 Å². The van der Waals surface area contributed by atoms with Crippen LogP contribution in [0.1, 0.15) is 15.9 Å². The van der Waals surface area contributed by atoms with Gasteiger partial charge in [0.2, 0.25) is 0 Å². The van der Waals surface area contributed by atoms with E-state index in [0.717, 1.165) is 10.2 Å². The predicted molar refractivity (Wildman–Crippen MR) is 108 cm³/mol. The summed E-state index contributed by atoms with van der Waals surface area (Å²) in [6, 6.07) is 14.4. The van der Waals surface area contributed by atoms with E-state index in [9.17, 15) is 13.2 Å². The number of thiazole rings is 1. The van der Waals surface area contributed by atoms with Crippen LogP contribution in [-0.2, 0) is 20.3 Å². The number of rotatable bonds is 7. The van der Waals surface area contributed by atoms with Crippen LogP contribution in [0.25, 0.3) is 10.2 Å². The van der Waals surface area contributed by atoms with E-state index in [2.05, 4.69) is 4.98 Å². The molecule has 142 valence electrons. The van der Waals surface area contributed by atoms with Gasteiger partial charge >= 0.3 is 0 Å². The monoisotopic (exact) mass is 404 g/mol. The fraction of sp³-hybridized carbons (Fsp3) is 0.263. The zero-order valence-electron chi connectivity index (χ0n) is 15.1. The second-order valence-electron chi connectivity index (χ2n) is 6.18. The van der Waals surface area contributed by atoms with Crippen molar-refractivity contribution in [2.75, 3.05) is 31.4 Å². The summed E-state index contributed by atoms with van der Waals surface area (Å²) in [5, 5.41) is 0.610. The number of hydrogen-bond donors (Lipinski definition) is 0. The van der Waals surface area contributed by atoms with Gasteiger partial charge in [0.15, 0.2) is 15.0 Å². The van der Waals surface area contributed by atoms with Gasteiger partial charge in [-0.05, 0) is 29.8 Å². The maximum atomic E-state index is 13.0. The van der Waals surface area contributed by atoms with Crippen LogP contribution in [-0.4, -0.2) is 45.8 Å². The molecular weight excluding hydrogens is 384 g/mol. The first-order valence-electron chi connectivity index (χ1n) is 8.30. The number of nitrogens with zero attached hydrogens (tertiary/aromatic N) is 2. The SMILES string of the molecule is COCCN(C(=O)c1ccc(CS(C)(=O)=O)cc1)c1nc2ccccc2s1. The van der Waals surface area contributed by atoms with Crippen LogP contribution in [0.2, 0.25) is 0 Å². The van der Waals surface area contributed by atoms with Gasteiger partial charge < -0.3 is 4.74 Å². The molecule has 1 amide bonds. The summed E-state index contributed by atoms with van der Waals surface area (Å²) in [7, 11) is -1.53. The van der Waals surface area contributed by atoms with Crippen LogP contribution < -0.4 is 4.90 Å². The number of para-hydroxylation sites is 1. The lowest BCUT2D eigenvalue weighted by atomic mass is 10.1. The molecule has 0 bridgehead atoms. The average Bonchev–Trinajstić information content (AvgIpc) is 3.05. The molecule has 0 aliphatic heterocycles. The van der Waals surface area contributed by atoms with Crippen molar-refractivity contribution in [1.82, 2.24) is 4.98 Å². The topological polar surface area (TPSA) is 76.6 Å². The molecule has 0 unspecified atom stereocenters. The van der Waals surface area contributed by atoms with Crippen molar-refractivity contribution in [3.8, 4) is 0 Å². The van der Waals surface area contributed by atoms with Crippen LogP contribution >= 0.6 is 11.3 Å². The van der Waals surface area contributed by atoms with Crippen LogP contribution in [0.15, 0.2) is 48.5 Å². The van der Waals surface area contributed by atoms with Gasteiger partial charge in [-0.3, -0.25) is 9.69 Å². The molecule has 3 rings (SSSR count). The van der Waals surface area contributed by atoms with E-state index >= 15 is 0 Å². The second-order valence-corrected chi connectivity index (χ2v) is 9.33. The minimum absolute atomic E-state index is 0.0489. The van der Waals surface area contributed by atoms with E-state index < -0.39 is 9.84 Å². The average molecular weight is 405 g/mol. The third-order valence-electron chi connectivity index (χ3n) is 3.91. The van der Waals surface area contributed by atoms with Gasteiger partial charge in [0, 0.05) is 18.9 Å². The minimum Gasteiger partial charge on any atom is -0.383 e. The van der Waals surface area contributed by atoms with Crippen molar-refractivity contribution in [2.24, 2.45) is 0 Å². The Morgan fingerprint density at radius 3 is 2.48 bits per heavy atom. The third kappa shape index (κ3) is 4.91. The Kier molecular flexibility index (Phi) is 5.88. The first-order valence-corrected chi connectivity index (χ1v) is 11.2. The summed E-state index contributed by atoms with van der Waals surface area (Å²) < 4.78 is 29.0. The molecule has 8 heteroatoms. The van der Waals surface area contributed by atoms with Crippen LogP contribution in [0.3, 0.4) is 0 Å². The van der Waals surface area contributed by atoms with Crippen molar-refractivity contribution >= 4 is 42.4 Å². The number of hydrogen-bond acceptors (Lipinski definition) is 6. The molecule has 1 aromatic heterocycles. The molecule has 0 radical (unpaired) electrons. The smallest absolute Gasteiger partial charge is 0.260 e. The molecule has 0 saturated carbocycles. The van der Waals surface area contributed by atoms with Gasteiger partial charge in [-0.2, -0.15) is 0 Å². The highest BCUT2D eigenvalue weighted by molar-refractivity contribution is 7.89. The number of aromatic nitrogens is 1. The van der Waals surface area contributed by atoms with Crippen molar-refractivity contribution in [2.45, 2.75) is 5.75 Å². The van der Waals surface area contributed by atoms with E-state index in [4.69, 9.17) is 4.74 Å². The number of benzene rings is 2. The molecule has 0 saturated heterocycles. The van der Waals surface area contributed by atoms with Crippen molar-refractivity contribution in [3.05, 3.63) is 59.7 Å². The van der Waals surface area contributed by atoms with E-state index in [1.807, 2.05) is 24.3 Å². The fourth-order valence-electron chi connectivity index (χ4n) is 2.64. The van der Waals surface area contributed by atoms with Gasteiger partial charge in [-0.1, -0.05) is 35.6 Å². The van der Waals surface area contributed by atoms with Crippen LogP contribution in [0.5, 0.6) is 0 Å². The lowest BCUT2D eigenvalue weighted by Gasteiger charge is -2.19. The fourth-order valence-corrected chi connectivity index (χ4v) is 4.43. The number of sulfone groups is 1. The minimum atomic E-state index is -3.12. The molecule has 0 N–H and O–H groups in total. The molecule has 2 aromatic carbocycles. The van der Waals surface area contributed by atoms with Gasteiger partial charge in [-0.15, -0.1) is 0 Å². The maximum absolute atomic E-state index is 13.0. The highest BCUT2D eigenvalue weighted by Crippen LogP contribution is 2.29. The Hall–Kier alpha value is -2.29. The second kappa shape index (κ2) is 8.16. The predicted octanol–water partition coefficient (Wildman–Crippen LogP) is 3.13. The molecule has 3 aromatic rings. The lowest BCUT2D eigenvalue weighted by molar-refractivity contribution is 0.0976. The van der Waals surface area contributed by atoms with Crippen molar-refractivity contribution < 1.29 is 17.9 Å². The van der Waals surface area contributed by atoms with Gasteiger partial charge in [0.1, 0.15) is 0 Å². The van der Waals surface area contributed by atoms with E-state index in [1.54, 1.807) is 36.3 Å². The van der Waals surface area contributed by atoms with Crippen molar-refractivity contribution in [1.29, 1.82) is 0 Å². The summed E-state index contributed by atoms with van der Waals surface area (Å²) in [5.41, 5.74) is 1.97. The summed E-state index contributed by atoms with van der Waals surface area (Å²) in [6.45, 7) is 0.758. The normalized spacial score (nSPS) is 11.6. The highest BCUT2D eigenvalue weighted by Gasteiger charge is 2.21. The highest BCUT2D eigenvalue weighted by atomic mass is 32.2. The van der Waals surface area contributed by atoms with Gasteiger partial charge in [0.25, 0.3) is 5.91 Å². The number of ether oxygens (including phenoxy) is 1. The Morgan fingerprint density at radius 1 is 1.15 bits per heavy atom. The molecule has 0 atom stereocenters. The zero-order chi connectivity index (χ0) is 19.4. The Balaban J connectivity index is 1.89. The molecule has 0 aliphatic rings. The zero-order valence-corrected chi connectivity index (χ0v) is 16.7. The van der Waals surface area contributed by atoms with Crippen LogP contribution in [0.4, 0.5) is 5.13 Å². The van der Waals surface area contributed by atoms with Crippen LogP contribution in [0, 0.1) is 0 Å². The molecule has 0 aliphatic carbocycles. The number of amides is 1. The standard InChI is InChI=1S/C19H20N2O4S2/c1-25-12-11-21(19-20-16-5-3-4-6-17(16)26-19)18(22)15-9-7-14(8-10-15)13-27(2,23)24/h3-10H,11-13H2,1-2H3. The van der Waals surface area contributed by atoms with E-state index in [0.29, 0.717) is 29.4 Å². The molecule has 0 spiro atoms. The number of fused-ring (bicyclic) bond motifs is 1. The number of methoxy groups -OCH3 is 1. The molecule has 1 heterocycles. The molecular formula is C19H20N2O4S2.